The highest BCUT2D eigenvalue weighted by atomic mass is 19.4. The van der Waals surface area contributed by atoms with E-state index in [2.05, 4.69) is 20.5 Å². The molecule has 1 fully saturated rings. The highest BCUT2D eigenvalue weighted by Crippen LogP contribution is 2.30. The fraction of sp³-hybridized carbons (Fsp3) is 0.360. The molecule has 0 spiro atoms. The molecule has 1 aromatic carbocycles. The van der Waals surface area contributed by atoms with Gasteiger partial charge in [0.25, 0.3) is 5.56 Å². The van der Waals surface area contributed by atoms with E-state index in [9.17, 15) is 37.8 Å². The number of hydrogen-bond acceptors (Lipinski definition) is 5. The molecule has 0 bridgehead atoms. The Balaban J connectivity index is 0.000000505. The number of likely N-dealkylation sites (tertiary alicyclic amines) is 1. The van der Waals surface area contributed by atoms with E-state index in [1.807, 2.05) is 25.2 Å². The van der Waals surface area contributed by atoms with E-state index in [4.69, 9.17) is 9.90 Å². The molecular formula is C25H26F3N3O7. The van der Waals surface area contributed by atoms with E-state index in [0.717, 1.165) is 30.5 Å². The van der Waals surface area contributed by atoms with E-state index in [-0.39, 0.29) is 6.42 Å². The Kier molecular flexibility index (Phi) is 8.30. The fourth-order valence-corrected chi connectivity index (χ4v) is 4.56. The summed E-state index contributed by atoms with van der Waals surface area (Å²) in [6.07, 6.45) is -2.37. The van der Waals surface area contributed by atoms with Crippen molar-refractivity contribution < 1.29 is 42.9 Å². The Morgan fingerprint density at radius 1 is 1.00 bits per heavy atom. The molecule has 13 heteroatoms. The van der Waals surface area contributed by atoms with E-state index in [1.54, 1.807) is 6.92 Å². The zero-order valence-electron chi connectivity index (χ0n) is 20.6. The number of carboxylic acids is 3. The number of aliphatic carboxylic acids is 1. The molecule has 0 saturated carbocycles. The highest BCUT2D eigenvalue weighted by Gasteiger charge is 2.38. The van der Waals surface area contributed by atoms with E-state index in [0.29, 0.717) is 16.8 Å². The zero-order valence-corrected chi connectivity index (χ0v) is 20.6. The number of fused-ring (bicyclic) bond motifs is 1. The molecule has 0 atom stereocenters. The molecule has 0 amide bonds. The van der Waals surface area contributed by atoms with E-state index in [1.165, 1.54) is 18.5 Å². The molecule has 3 aromatic rings. The molecular weight excluding hydrogens is 511 g/mol. The van der Waals surface area contributed by atoms with Crippen LogP contribution in [0.5, 0.6) is 0 Å². The SMILES string of the molecule is CCc1c(-c2ccc3c(c2)cc(CN2CCCC2)n3C)[nH]c(=O)c(C(=O)O)c1C(=O)O.O=C(O)C(F)(F)F. The Morgan fingerprint density at radius 3 is 2.08 bits per heavy atom. The lowest BCUT2D eigenvalue weighted by molar-refractivity contribution is -0.192. The minimum Gasteiger partial charge on any atom is -0.478 e. The number of benzene rings is 1. The predicted octanol–water partition coefficient (Wildman–Crippen LogP) is 3.72. The number of carbonyl (C=O) groups is 3. The molecule has 4 N–H and O–H groups in total. The van der Waals surface area contributed by atoms with Gasteiger partial charge >= 0.3 is 24.1 Å². The van der Waals surface area contributed by atoms with Crippen molar-refractivity contribution >= 4 is 28.8 Å². The van der Waals surface area contributed by atoms with Gasteiger partial charge in [0.1, 0.15) is 5.56 Å². The molecule has 0 unspecified atom stereocenters. The summed E-state index contributed by atoms with van der Waals surface area (Å²) >= 11 is 0. The number of hydrogen-bond donors (Lipinski definition) is 4. The smallest absolute Gasteiger partial charge is 0.478 e. The summed E-state index contributed by atoms with van der Waals surface area (Å²) < 4.78 is 33.9. The lowest BCUT2D eigenvalue weighted by Crippen LogP contribution is -2.25. The minimum atomic E-state index is -5.08. The van der Waals surface area contributed by atoms with Crippen LogP contribution in [0.1, 0.15) is 51.7 Å². The van der Waals surface area contributed by atoms with Gasteiger partial charge < -0.3 is 24.9 Å². The Labute approximate surface area is 213 Å². The number of halogens is 3. The highest BCUT2D eigenvalue weighted by molar-refractivity contribution is 6.03. The second-order valence-corrected chi connectivity index (χ2v) is 8.78. The molecule has 1 aliphatic rings. The van der Waals surface area contributed by atoms with Crippen LogP contribution < -0.4 is 5.56 Å². The van der Waals surface area contributed by atoms with Crippen LogP contribution in [0, 0.1) is 0 Å². The number of alkyl halides is 3. The van der Waals surface area contributed by atoms with Crippen LogP contribution in [0.4, 0.5) is 13.2 Å². The lowest BCUT2D eigenvalue weighted by atomic mass is 9.95. The summed E-state index contributed by atoms with van der Waals surface area (Å²) in [5.41, 5.74) is 1.43. The number of rotatable bonds is 6. The number of carboxylic acid groups (broad SMARTS) is 3. The van der Waals surface area contributed by atoms with Crippen LogP contribution in [-0.2, 0) is 24.8 Å². The number of nitrogens with one attached hydrogen (secondary N) is 1. The minimum absolute atomic E-state index is 0.265. The van der Waals surface area contributed by atoms with Crippen LogP contribution in [0.2, 0.25) is 0 Å². The molecule has 10 nitrogen and oxygen atoms in total. The van der Waals surface area contributed by atoms with Crippen LogP contribution in [0.25, 0.3) is 22.2 Å². The molecule has 3 heterocycles. The second-order valence-electron chi connectivity index (χ2n) is 8.78. The Bertz CT molecular complexity index is 1450. The molecule has 4 rings (SSSR count). The molecule has 38 heavy (non-hydrogen) atoms. The van der Waals surface area contributed by atoms with Crippen molar-refractivity contribution in [2.45, 2.75) is 38.9 Å². The number of H-pyrrole nitrogens is 1. The summed E-state index contributed by atoms with van der Waals surface area (Å²) in [5.74, 6) is -5.73. The van der Waals surface area contributed by atoms with Gasteiger partial charge in [-0.2, -0.15) is 13.2 Å². The lowest BCUT2D eigenvalue weighted by Gasteiger charge is -2.15. The topological polar surface area (TPSA) is 153 Å². The summed E-state index contributed by atoms with van der Waals surface area (Å²) in [4.78, 5) is 49.8. The first kappa shape index (κ1) is 28.4. The van der Waals surface area contributed by atoms with Crippen LogP contribution >= 0.6 is 0 Å². The number of pyridine rings is 1. The summed E-state index contributed by atoms with van der Waals surface area (Å²) in [7, 11) is 2.02. The Hall–Kier alpha value is -4.13. The van der Waals surface area contributed by atoms with Gasteiger partial charge in [-0.15, -0.1) is 0 Å². The van der Waals surface area contributed by atoms with Crippen molar-refractivity contribution in [1.82, 2.24) is 14.5 Å². The predicted molar refractivity (Wildman–Crippen MR) is 130 cm³/mol. The van der Waals surface area contributed by atoms with Gasteiger partial charge in [-0.3, -0.25) is 9.69 Å². The maximum absolute atomic E-state index is 12.5. The first-order chi connectivity index (χ1) is 17.8. The average Bonchev–Trinajstić information content (AvgIpc) is 3.45. The first-order valence-electron chi connectivity index (χ1n) is 11.6. The van der Waals surface area contributed by atoms with Gasteiger partial charge in [0.05, 0.1) is 11.3 Å². The standard InChI is InChI=1S/C23H25N3O5.C2HF3O2/c1-3-16-18(22(28)29)19(23(30)31)21(27)24-20(16)13-6-7-17-14(10-13)11-15(25(17)2)12-26-8-4-5-9-26;3-2(4,5)1(6)7/h6-7,10-11H,3-5,8-9,12H2,1-2H3,(H,24,27)(H,28,29)(H,30,31);(H,6,7). The second kappa shape index (κ2) is 11.1. The monoisotopic (exact) mass is 537 g/mol. The summed E-state index contributed by atoms with van der Waals surface area (Å²) in [6, 6.07) is 7.81. The van der Waals surface area contributed by atoms with E-state index < -0.39 is 40.8 Å². The molecule has 0 radical (unpaired) electrons. The van der Waals surface area contributed by atoms with Gasteiger partial charge in [0, 0.05) is 30.2 Å². The van der Waals surface area contributed by atoms with Crippen molar-refractivity contribution in [3.8, 4) is 11.3 Å². The van der Waals surface area contributed by atoms with Crippen molar-refractivity contribution in [2.24, 2.45) is 7.05 Å². The number of aromatic nitrogens is 2. The van der Waals surface area contributed by atoms with Crippen molar-refractivity contribution in [2.75, 3.05) is 13.1 Å². The maximum atomic E-state index is 12.5. The Morgan fingerprint density at radius 2 is 1.58 bits per heavy atom. The van der Waals surface area contributed by atoms with Crippen molar-refractivity contribution in [3.63, 3.8) is 0 Å². The molecule has 0 aliphatic carbocycles. The van der Waals surface area contributed by atoms with E-state index >= 15 is 0 Å². The third-order valence-corrected chi connectivity index (χ3v) is 6.36. The molecule has 1 saturated heterocycles. The van der Waals surface area contributed by atoms with Crippen molar-refractivity contribution in [1.29, 1.82) is 0 Å². The maximum Gasteiger partial charge on any atom is 0.490 e. The normalized spacial score (nSPS) is 13.8. The van der Waals surface area contributed by atoms with Gasteiger partial charge in [-0.1, -0.05) is 13.0 Å². The third kappa shape index (κ3) is 5.88. The fourth-order valence-electron chi connectivity index (χ4n) is 4.56. The van der Waals surface area contributed by atoms with Gasteiger partial charge in [0.15, 0.2) is 0 Å². The van der Waals surface area contributed by atoms with Crippen molar-refractivity contribution in [3.05, 3.63) is 57.0 Å². The summed E-state index contributed by atoms with van der Waals surface area (Å²) in [5, 5.41) is 27.1. The molecule has 1 aliphatic heterocycles. The van der Waals surface area contributed by atoms with Crippen LogP contribution in [0.15, 0.2) is 29.1 Å². The number of aryl methyl sites for hydroxylation is 1. The zero-order chi connectivity index (χ0) is 28.4. The van der Waals surface area contributed by atoms with Crippen LogP contribution in [-0.4, -0.2) is 66.9 Å². The summed E-state index contributed by atoms with van der Waals surface area (Å²) in [6.45, 7) is 4.81. The average molecular weight is 537 g/mol. The number of aromatic carboxylic acids is 2. The van der Waals surface area contributed by atoms with Gasteiger partial charge in [-0.25, -0.2) is 14.4 Å². The third-order valence-electron chi connectivity index (χ3n) is 6.36. The van der Waals surface area contributed by atoms with Gasteiger partial charge in [0.2, 0.25) is 0 Å². The van der Waals surface area contributed by atoms with Crippen LogP contribution in [0.3, 0.4) is 0 Å². The molecule has 204 valence electrons. The largest absolute Gasteiger partial charge is 0.490 e. The van der Waals surface area contributed by atoms with Gasteiger partial charge in [-0.05, 0) is 61.7 Å². The quantitative estimate of drug-likeness (QED) is 0.371. The number of aromatic amines is 1. The number of nitrogens with zero attached hydrogens (tertiary/aromatic N) is 2. The molecule has 2 aromatic heterocycles. The first-order valence-corrected chi connectivity index (χ1v) is 11.6.